The number of pyridine rings is 1. The van der Waals surface area contributed by atoms with Gasteiger partial charge in [0, 0.05) is 54.8 Å². The Morgan fingerprint density at radius 3 is 3.00 bits per heavy atom. The number of rotatable bonds is 5. The van der Waals surface area contributed by atoms with Crippen molar-refractivity contribution in [3.8, 4) is 17.0 Å². The number of hydrogen-bond acceptors (Lipinski definition) is 5. The smallest absolute Gasteiger partial charge is 0.136 e. The van der Waals surface area contributed by atoms with Gasteiger partial charge in [0.25, 0.3) is 0 Å². The molecule has 1 aliphatic rings. The minimum atomic E-state index is -0.350. The zero-order valence-electron chi connectivity index (χ0n) is 16.5. The lowest BCUT2D eigenvalue weighted by molar-refractivity contribution is 0.200. The maximum atomic E-state index is 14.7. The first kappa shape index (κ1) is 18.5. The van der Waals surface area contributed by atoms with Crippen molar-refractivity contribution in [1.29, 1.82) is 0 Å². The lowest BCUT2D eigenvalue weighted by Gasteiger charge is -2.35. The fourth-order valence-electron chi connectivity index (χ4n) is 4.11. The quantitative estimate of drug-likeness (QED) is 0.532. The van der Waals surface area contributed by atoms with E-state index in [4.69, 9.17) is 4.74 Å². The van der Waals surface area contributed by atoms with Gasteiger partial charge in [-0.2, -0.15) is 5.10 Å². The Morgan fingerprint density at radius 2 is 2.20 bits per heavy atom. The minimum Gasteiger partial charge on any atom is -0.497 e. The molecular weight excluding hydrogens is 383 g/mol. The molecule has 0 radical (unpaired) electrons. The van der Waals surface area contributed by atoms with Crippen molar-refractivity contribution in [3.05, 3.63) is 83.6 Å². The van der Waals surface area contributed by atoms with Crippen LogP contribution in [0.5, 0.6) is 5.75 Å². The molecule has 1 aliphatic heterocycles. The summed E-state index contributed by atoms with van der Waals surface area (Å²) in [7, 11) is 1.52. The normalized spacial score (nSPS) is 16.4. The maximum Gasteiger partial charge on any atom is 0.136 e. The second-order valence-electron chi connectivity index (χ2n) is 7.29. The highest BCUT2D eigenvalue weighted by molar-refractivity contribution is 5.64. The summed E-state index contributed by atoms with van der Waals surface area (Å²) >= 11 is 0. The van der Waals surface area contributed by atoms with Gasteiger partial charge in [0.1, 0.15) is 11.6 Å². The number of benzene rings is 1. The average molecular weight is 404 g/mol. The molecule has 0 saturated heterocycles. The molecule has 7 nitrogen and oxygen atoms in total. The molecule has 3 aromatic heterocycles. The summed E-state index contributed by atoms with van der Waals surface area (Å²) in [5.74, 6) is 0.132. The number of hydrogen-bond donors (Lipinski definition) is 2. The van der Waals surface area contributed by atoms with Crippen molar-refractivity contribution in [2.24, 2.45) is 0 Å². The molecule has 1 atom stereocenters. The Labute approximate surface area is 173 Å². The molecule has 8 heteroatoms. The Kier molecular flexibility index (Phi) is 4.76. The van der Waals surface area contributed by atoms with Crippen LogP contribution >= 0.6 is 0 Å². The van der Waals surface area contributed by atoms with E-state index in [0.717, 1.165) is 35.5 Å². The lowest BCUT2D eigenvalue weighted by Crippen LogP contribution is -2.36. The second kappa shape index (κ2) is 7.72. The van der Waals surface area contributed by atoms with Crippen LogP contribution in [0.1, 0.15) is 28.6 Å². The van der Waals surface area contributed by atoms with Crippen LogP contribution in [-0.2, 0) is 13.0 Å². The number of ether oxygens (including phenoxy) is 1. The molecule has 0 amide bonds. The van der Waals surface area contributed by atoms with E-state index in [0.29, 0.717) is 23.6 Å². The SMILES string of the molecule is COc1ccc(-c2[nH]ncc2CN2CCc3[nH]cnc3C2c2cccnc2)c(F)c1. The van der Waals surface area contributed by atoms with Crippen LogP contribution in [0.15, 0.2) is 55.2 Å². The molecule has 2 N–H and O–H groups in total. The van der Waals surface area contributed by atoms with Gasteiger partial charge < -0.3 is 9.72 Å². The van der Waals surface area contributed by atoms with Gasteiger partial charge in [-0.25, -0.2) is 9.37 Å². The van der Waals surface area contributed by atoms with Gasteiger partial charge in [0.05, 0.1) is 37.1 Å². The summed E-state index contributed by atoms with van der Waals surface area (Å²) in [6, 6.07) is 8.81. The van der Waals surface area contributed by atoms with E-state index in [9.17, 15) is 4.39 Å². The molecule has 5 rings (SSSR count). The molecular formula is C22H21FN6O. The molecule has 0 bridgehead atoms. The number of imidazole rings is 1. The van der Waals surface area contributed by atoms with Crippen LogP contribution in [0, 0.1) is 5.82 Å². The van der Waals surface area contributed by atoms with Crippen LogP contribution in [0.3, 0.4) is 0 Å². The molecule has 30 heavy (non-hydrogen) atoms. The molecule has 0 saturated carbocycles. The van der Waals surface area contributed by atoms with Crippen LogP contribution in [0.4, 0.5) is 4.39 Å². The Hall–Kier alpha value is -3.52. The Morgan fingerprint density at radius 1 is 1.27 bits per heavy atom. The zero-order valence-corrected chi connectivity index (χ0v) is 16.5. The Bertz CT molecular complexity index is 1160. The van der Waals surface area contributed by atoms with Gasteiger partial charge in [0.2, 0.25) is 0 Å². The van der Waals surface area contributed by atoms with Gasteiger partial charge in [-0.05, 0) is 23.8 Å². The summed E-state index contributed by atoms with van der Waals surface area (Å²) in [5.41, 5.74) is 5.30. The minimum absolute atomic E-state index is 0.0304. The van der Waals surface area contributed by atoms with Crippen molar-refractivity contribution >= 4 is 0 Å². The van der Waals surface area contributed by atoms with E-state index < -0.39 is 0 Å². The topological polar surface area (TPSA) is 82.7 Å². The summed E-state index contributed by atoms with van der Waals surface area (Å²) in [4.78, 5) is 14.5. The van der Waals surface area contributed by atoms with E-state index in [1.165, 1.54) is 13.2 Å². The van der Waals surface area contributed by atoms with E-state index >= 15 is 0 Å². The van der Waals surface area contributed by atoms with Gasteiger partial charge in [-0.3, -0.25) is 15.0 Å². The number of halogens is 1. The fraction of sp³-hybridized carbons (Fsp3) is 0.227. The highest BCUT2D eigenvalue weighted by Crippen LogP contribution is 2.35. The van der Waals surface area contributed by atoms with Gasteiger partial charge in [0.15, 0.2) is 0 Å². The summed E-state index contributed by atoms with van der Waals surface area (Å²) in [6.45, 7) is 1.44. The third-order valence-corrected chi connectivity index (χ3v) is 5.56. The number of fused-ring (bicyclic) bond motifs is 1. The van der Waals surface area contributed by atoms with Crippen molar-refractivity contribution in [2.75, 3.05) is 13.7 Å². The highest BCUT2D eigenvalue weighted by Gasteiger charge is 2.32. The summed E-state index contributed by atoms with van der Waals surface area (Å²) in [6.07, 6.45) is 8.02. The molecule has 0 aliphatic carbocycles. The highest BCUT2D eigenvalue weighted by atomic mass is 19.1. The first-order valence-corrected chi connectivity index (χ1v) is 9.77. The number of H-pyrrole nitrogens is 2. The molecule has 1 unspecified atom stereocenters. The predicted octanol–water partition coefficient (Wildman–Crippen LogP) is 3.49. The average Bonchev–Trinajstić information content (AvgIpc) is 3.43. The van der Waals surface area contributed by atoms with Crippen molar-refractivity contribution in [1.82, 2.24) is 30.0 Å². The summed E-state index contributed by atoms with van der Waals surface area (Å²) in [5, 5.41) is 7.16. The number of aromatic nitrogens is 5. The number of nitrogens with one attached hydrogen (secondary N) is 2. The third-order valence-electron chi connectivity index (χ3n) is 5.56. The van der Waals surface area contributed by atoms with Crippen molar-refractivity contribution in [3.63, 3.8) is 0 Å². The fourth-order valence-corrected chi connectivity index (χ4v) is 4.11. The maximum absolute atomic E-state index is 14.7. The van der Waals surface area contributed by atoms with Gasteiger partial charge in [-0.15, -0.1) is 0 Å². The van der Waals surface area contributed by atoms with Crippen molar-refractivity contribution in [2.45, 2.75) is 19.0 Å². The first-order chi connectivity index (χ1) is 14.7. The summed E-state index contributed by atoms with van der Waals surface area (Å²) < 4.78 is 19.8. The molecule has 1 aromatic carbocycles. The van der Waals surface area contributed by atoms with Gasteiger partial charge in [-0.1, -0.05) is 6.07 Å². The standard InChI is InChI=1S/C22H21FN6O/c1-30-16-4-5-17(18(23)9-16)20-15(11-27-28-20)12-29-8-6-19-21(26-13-25-19)22(29)14-3-2-7-24-10-14/h2-5,7,9-11,13,22H,6,8,12H2,1H3,(H,25,26)(H,27,28). The van der Waals surface area contributed by atoms with Crippen LogP contribution in [0.2, 0.25) is 0 Å². The van der Waals surface area contributed by atoms with E-state index in [1.807, 2.05) is 12.3 Å². The van der Waals surface area contributed by atoms with Crippen LogP contribution in [0.25, 0.3) is 11.3 Å². The monoisotopic (exact) mass is 404 g/mol. The van der Waals surface area contributed by atoms with Crippen molar-refractivity contribution < 1.29 is 9.13 Å². The second-order valence-corrected chi connectivity index (χ2v) is 7.29. The van der Waals surface area contributed by atoms with Crippen LogP contribution in [-0.4, -0.2) is 43.7 Å². The van der Waals surface area contributed by atoms with E-state index in [1.54, 1.807) is 30.9 Å². The zero-order chi connectivity index (χ0) is 20.5. The molecule has 4 aromatic rings. The van der Waals surface area contributed by atoms with E-state index in [-0.39, 0.29) is 11.9 Å². The predicted molar refractivity (Wildman–Crippen MR) is 109 cm³/mol. The molecule has 0 fully saturated rings. The van der Waals surface area contributed by atoms with E-state index in [2.05, 4.69) is 36.1 Å². The molecule has 0 spiro atoms. The molecule has 152 valence electrons. The van der Waals surface area contributed by atoms with Crippen LogP contribution < -0.4 is 4.74 Å². The number of nitrogens with zero attached hydrogens (tertiary/aromatic N) is 4. The van der Waals surface area contributed by atoms with Gasteiger partial charge >= 0.3 is 0 Å². The third kappa shape index (κ3) is 3.25. The number of aromatic amines is 2. The molecule has 4 heterocycles. The Balaban J connectivity index is 1.50. The lowest BCUT2D eigenvalue weighted by atomic mass is 9.96. The first-order valence-electron chi connectivity index (χ1n) is 9.77. The largest absolute Gasteiger partial charge is 0.497 e. The number of methoxy groups -OCH3 is 1.